The second-order valence-electron chi connectivity index (χ2n) is 4.69. The molecule has 0 saturated carbocycles. The fraction of sp³-hybridized carbons (Fsp3) is 0.312. The molecule has 5 heteroatoms. The average Bonchev–Trinajstić information content (AvgIpc) is 2.48. The number of ether oxygens (including phenoxy) is 1. The highest BCUT2D eigenvalue weighted by Gasteiger charge is 2.16. The van der Waals surface area contributed by atoms with E-state index in [1.807, 2.05) is 13.1 Å². The Morgan fingerprint density at radius 2 is 2.14 bits per heavy atom. The lowest BCUT2D eigenvalue weighted by Crippen LogP contribution is -2.19. The maximum Gasteiger partial charge on any atom is 0.137 e. The molecule has 1 atom stereocenters. The van der Waals surface area contributed by atoms with Crippen molar-refractivity contribution in [1.82, 2.24) is 10.3 Å². The molecule has 0 aliphatic heterocycles. The fourth-order valence-corrected chi connectivity index (χ4v) is 2.92. The molecule has 0 radical (unpaired) electrons. The first-order valence-corrected chi connectivity index (χ1v) is 7.93. The molecule has 21 heavy (non-hydrogen) atoms. The van der Waals surface area contributed by atoms with Gasteiger partial charge in [-0.2, -0.15) is 0 Å². The third-order valence-corrected chi connectivity index (χ3v) is 4.04. The lowest BCUT2D eigenvalue weighted by Gasteiger charge is -2.19. The highest BCUT2D eigenvalue weighted by atomic mass is 127. The van der Waals surface area contributed by atoms with Crippen LogP contribution in [-0.4, -0.2) is 18.6 Å². The Bertz CT molecular complexity index is 607. The van der Waals surface area contributed by atoms with Crippen LogP contribution in [0.15, 0.2) is 36.7 Å². The largest absolute Gasteiger partial charge is 0.492 e. The first-order valence-electron chi connectivity index (χ1n) is 6.85. The van der Waals surface area contributed by atoms with E-state index in [1.165, 1.54) is 12.1 Å². The van der Waals surface area contributed by atoms with Crippen molar-refractivity contribution in [2.24, 2.45) is 0 Å². The van der Waals surface area contributed by atoms with Gasteiger partial charge in [-0.1, -0.05) is 13.0 Å². The van der Waals surface area contributed by atoms with Crippen LogP contribution in [0.25, 0.3) is 0 Å². The minimum absolute atomic E-state index is 0.0461. The third kappa shape index (κ3) is 4.14. The number of hydrogen-bond donors (Lipinski definition) is 1. The summed E-state index contributed by atoms with van der Waals surface area (Å²) >= 11 is 2.15. The highest BCUT2D eigenvalue weighted by molar-refractivity contribution is 14.1. The maximum absolute atomic E-state index is 13.3. The van der Waals surface area contributed by atoms with E-state index < -0.39 is 0 Å². The number of benzene rings is 1. The second-order valence-corrected chi connectivity index (χ2v) is 5.85. The molecule has 0 amide bonds. The average molecular weight is 400 g/mol. The van der Waals surface area contributed by atoms with Crippen molar-refractivity contribution in [3.63, 3.8) is 0 Å². The quantitative estimate of drug-likeness (QED) is 0.747. The van der Waals surface area contributed by atoms with E-state index in [0.717, 1.165) is 26.9 Å². The van der Waals surface area contributed by atoms with Gasteiger partial charge in [0.2, 0.25) is 0 Å². The summed E-state index contributed by atoms with van der Waals surface area (Å²) in [6.45, 7) is 2.73. The predicted octanol–water partition coefficient (Wildman–Crippen LogP) is 3.92. The molecule has 0 fully saturated rings. The van der Waals surface area contributed by atoms with Crippen LogP contribution in [-0.2, 0) is 0 Å². The molecule has 0 spiro atoms. The Hall–Kier alpha value is -1.21. The SMILES string of the molecule is CCCOc1cncc(C(NC)c2ccc(F)cc2I)c1. The molecule has 2 aromatic rings. The van der Waals surface area contributed by atoms with E-state index in [0.29, 0.717) is 6.61 Å². The van der Waals surface area contributed by atoms with E-state index >= 15 is 0 Å². The number of halogens is 2. The number of nitrogens with one attached hydrogen (secondary N) is 1. The van der Waals surface area contributed by atoms with Crippen LogP contribution in [0.2, 0.25) is 0 Å². The van der Waals surface area contributed by atoms with Crippen molar-refractivity contribution in [2.75, 3.05) is 13.7 Å². The first-order chi connectivity index (χ1) is 10.2. The standard InChI is InChI=1S/C16H18FIN2O/c1-3-6-21-13-7-11(9-20-10-13)16(19-2)14-5-4-12(17)8-15(14)18/h4-5,7-10,16,19H,3,6H2,1-2H3. The summed E-state index contributed by atoms with van der Waals surface area (Å²) in [7, 11) is 1.88. The number of hydrogen-bond acceptors (Lipinski definition) is 3. The van der Waals surface area contributed by atoms with Gasteiger partial charge in [-0.05, 0) is 65.4 Å². The second kappa shape index (κ2) is 7.70. The smallest absolute Gasteiger partial charge is 0.137 e. The summed E-state index contributed by atoms with van der Waals surface area (Å²) in [4.78, 5) is 4.24. The topological polar surface area (TPSA) is 34.1 Å². The van der Waals surface area contributed by atoms with Crippen molar-refractivity contribution >= 4 is 22.6 Å². The molecule has 2 rings (SSSR count). The van der Waals surface area contributed by atoms with Crippen LogP contribution in [0.1, 0.15) is 30.5 Å². The normalized spacial score (nSPS) is 12.2. The van der Waals surface area contributed by atoms with Gasteiger partial charge in [-0.15, -0.1) is 0 Å². The van der Waals surface area contributed by atoms with E-state index in [1.54, 1.807) is 18.5 Å². The Kier molecular flexibility index (Phi) is 5.93. The third-order valence-electron chi connectivity index (χ3n) is 3.10. The molecule has 3 nitrogen and oxygen atoms in total. The van der Waals surface area contributed by atoms with Crippen LogP contribution in [0.5, 0.6) is 5.75 Å². The van der Waals surface area contributed by atoms with E-state index in [9.17, 15) is 4.39 Å². The number of pyridine rings is 1. The highest BCUT2D eigenvalue weighted by Crippen LogP contribution is 2.28. The van der Waals surface area contributed by atoms with Crippen LogP contribution in [0.4, 0.5) is 4.39 Å². The lowest BCUT2D eigenvalue weighted by atomic mass is 10.0. The van der Waals surface area contributed by atoms with Gasteiger partial charge < -0.3 is 10.1 Å². The number of nitrogens with zero attached hydrogens (tertiary/aromatic N) is 1. The Labute approximate surface area is 138 Å². The Morgan fingerprint density at radius 1 is 1.33 bits per heavy atom. The van der Waals surface area contributed by atoms with E-state index in [4.69, 9.17) is 4.74 Å². The molecule has 0 saturated heterocycles. The van der Waals surface area contributed by atoms with Gasteiger partial charge in [-0.25, -0.2) is 4.39 Å². The van der Waals surface area contributed by atoms with E-state index in [2.05, 4.69) is 39.8 Å². The van der Waals surface area contributed by atoms with Gasteiger partial charge in [0.1, 0.15) is 11.6 Å². The van der Waals surface area contributed by atoms with Crippen molar-refractivity contribution in [3.8, 4) is 5.75 Å². The van der Waals surface area contributed by atoms with Gasteiger partial charge in [-0.3, -0.25) is 4.98 Å². The number of aromatic nitrogens is 1. The Morgan fingerprint density at radius 3 is 2.81 bits per heavy atom. The van der Waals surface area contributed by atoms with Gasteiger partial charge in [0.25, 0.3) is 0 Å². The molecule has 1 heterocycles. The van der Waals surface area contributed by atoms with Crippen LogP contribution < -0.4 is 10.1 Å². The van der Waals surface area contributed by atoms with Crippen LogP contribution in [0, 0.1) is 9.39 Å². The summed E-state index contributed by atoms with van der Waals surface area (Å²) in [5.41, 5.74) is 2.02. The molecule has 1 unspecified atom stereocenters. The van der Waals surface area contributed by atoms with Gasteiger partial charge in [0, 0.05) is 9.77 Å². The molecule has 0 aliphatic rings. The molecule has 1 aromatic carbocycles. The Balaban J connectivity index is 2.32. The van der Waals surface area contributed by atoms with Gasteiger partial charge in [0.05, 0.1) is 18.8 Å². The number of rotatable bonds is 6. The summed E-state index contributed by atoms with van der Waals surface area (Å²) < 4.78 is 19.8. The van der Waals surface area contributed by atoms with E-state index in [-0.39, 0.29) is 11.9 Å². The molecular weight excluding hydrogens is 382 g/mol. The van der Waals surface area contributed by atoms with Crippen LogP contribution in [0.3, 0.4) is 0 Å². The van der Waals surface area contributed by atoms with Crippen molar-refractivity contribution in [3.05, 3.63) is 57.2 Å². The monoisotopic (exact) mass is 400 g/mol. The zero-order valence-corrected chi connectivity index (χ0v) is 14.2. The summed E-state index contributed by atoms with van der Waals surface area (Å²) in [6.07, 6.45) is 4.47. The zero-order chi connectivity index (χ0) is 15.2. The molecule has 0 aliphatic carbocycles. The van der Waals surface area contributed by atoms with Gasteiger partial charge in [0.15, 0.2) is 0 Å². The fourth-order valence-electron chi connectivity index (χ4n) is 2.13. The maximum atomic E-state index is 13.3. The molecule has 112 valence electrons. The first kappa shape index (κ1) is 16.2. The molecule has 0 bridgehead atoms. The summed E-state index contributed by atoms with van der Waals surface area (Å²) in [5, 5.41) is 3.26. The summed E-state index contributed by atoms with van der Waals surface area (Å²) in [5.74, 6) is 0.530. The molecule has 1 aromatic heterocycles. The van der Waals surface area contributed by atoms with Crippen molar-refractivity contribution in [1.29, 1.82) is 0 Å². The zero-order valence-electron chi connectivity index (χ0n) is 12.1. The van der Waals surface area contributed by atoms with Crippen molar-refractivity contribution in [2.45, 2.75) is 19.4 Å². The predicted molar refractivity (Wildman–Crippen MR) is 90.0 cm³/mol. The molecular formula is C16H18FIN2O. The summed E-state index contributed by atoms with van der Waals surface area (Å²) in [6, 6.07) is 6.74. The van der Waals surface area contributed by atoms with Crippen LogP contribution >= 0.6 is 22.6 Å². The lowest BCUT2D eigenvalue weighted by molar-refractivity contribution is 0.315. The molecule has 1 N–H and O–H groups in total. The minimum atomic E-state index is -0.226. The minimum Gasteiger partial charge on any atom is -0.492 e. The van der Waals surface area contributed by atoms with Crippen molar-refractivity contribution < 1.29 is 9.13 Å². The van der Waals surface area contributed by atoms with Gasteiger partial charge >= 0.3 is 0 Å².